The Morgan fingerprint density at radius 2 is 2.22 bits per heavy atom. The smallest absolute Gasteiger partial charge is 0.355 e. The summed E-state index contributed by atoms with van der Waals surface area (Å²) in [5, 5.41) is 0.503. The molecule has 0 atom stereocenters. The Labute approximate surface area is 109 Å². The van der Waals surface area contributed by atoms with Gasteiger partial charge in [-0.15, -0.1) is 0 Å². The molecule has 0 saturated heterocycles. The first-order valence-corrected chi connectivity index (χ1v) is 6.77. The van der Waals surface area contributed by atoms with Gasteiger partial charge in [0.05, 0.1) is 6.61 Å². The molecule has 2 rings (SSSR count). The van der Waals surface area contributed by atoms with E-state index in [4.69, 9.17) is 4.74 Å². The molecule has 0 bridgehead atoms. The number of thioether (sulfide) groups is 1. The quantitative estimate of drug-likeness (QED) is 0.606. The van der Waals surface area contributed by atoms with Crippen LogP contribution in [-0.4, -0.2) is 33.3 Å². The van der Waals surface area contributed by atoms with Gasteiger partial charge in [0.15, 0.2) is 5.16 Å². The van der Waals surface area contributed by atoms with E-state index in [1.807, 2.05) is 26.0 Å². The third-order valence-electron chi connectivity index (χ3n) is 2.35. The van der Waals surface area contributed by atoms with Gasteiger partial charge in [-0.1, -0.05) is 17.8 Å². The van der Waals surface area contributed by atoms with E-state index in [9.17, 15) is 4.79 Å². The summed E-state index contributed by atoms with van der Waals surface area (Å²) in [6.07, 6.45) is 1.74. The first-order chi connectivity index (χ1) is 8.70. The molecule has 2 heterocycles. The molecule has 0 aliphatic rings. The van der Waals surface area contributed by atoms with Crippen molar-refractivity contribution < 1.29 is 4.74 Å². The lowest BCUT2D eigenvalue weighted by Crippen LogP contribution is -2.19. The van der Waals surface area contributed by atoms with Crippen molar-refractivity contribution in [1.82, 2.24) is 14.4 Å². The van der Waals surface area contributed by atoms with Crippen LogP contribution >= 0.6 is 11.8 Å². The highest BCUT2D eigenvalue weighted by Crippen LogP contribution is 2.11. The summed E-state index contributed by atoms with van der Waals surface area (Å²) in [7, 11) is 0. The minimum absolute atomic E-state index is 0.289. The van der Waals surface area contributed by atoms with E-state index in [0.717, 1.165) is 11.3 Å². The van der Waals surface area contributed by atoms with Crippen molar-refractivity contribution in [3.8, 4) is 0 Å². The lowest BCUT2D eigenvalue weighted by molar-refractivity contribution is 0.164. The minimum Gasteiger partial charge on any atom is -0.381 e. The Balaban J connectivity index is 2.21. The van der Waals surface area contributed by atoms with Crippen molar-refractivity contribution in [3.63, 3.8) is 0 Å². The van der Waals surface area contributed by atoms with Gasteiger partial charge in [0, 0.05) is 18.6 Å². The Morgan fingerprint density at radius 1 is 1.39 bits per heavy atom. The second kappa shape index (κ2) is 5.97. The molecule has 0 N–H and O–H groups in total. The SMILES string of the molecule is CCOCCSc1nc(=O)n2cc(C)ccc2n1. The van der Waals surface area contributed by atoms with E-state index < -0.39 is 0 Å². The minimum atomic E-state index is -0.289. The second-order valence-corrected chi connectivity index (χ2v) is 4.83. The average Bonchev–Trinajstić information content (AvgIpc) is 2.36. The summed E-state index contributed by atoms with van der Waals surface area (Å²) >= 11 is 1.43. The van der Waals surface area contributed by atoms with Crippen LogP contribution in [0, 0.1) is 6.92 Å². The normalized spacial score (nSPS) is 11.0. The Morgan fingerprint density at radius 3 is 3.00 bits per heavy atom. The maximum absolute atomic E-state index is 11.8. The lowest BCUT2D eigenvalue weighted by Gasteiger charge is -2.03. The molecule has 0 amide bonds. The number of hydrogen-bond acceptors (Lipinski definition) is 5. The molecule has 0 aliphatic carbocycles. The summed E-state index contributed by atoms with van der Waals surface area (Å²) < 4.78 is 6.69. The molecule has 5 nitrogen and oxygen atoms in total. The Kier molecular flexibility index (Phi) is 4.33. The summed E-state index contributed by atoms with van der Waals surface area (Å²) in [5.74, 6) is 0.745. The van der Waals surface area contributed by atoms with Crippen LogP contribution in [0.5, 0.6) is 0 Å². The summed E-state index contributed by atoms with van der Waals surface area (Å²) in [6.45, 7) is 5.21. The highest BCUT2D eigenvalue weighted by molar-refractivity contribution is 7.99. The van der Waals surface area contributed by atoms with Crippen molar-refractivity contribution in [2.75, 3.05) is 19.0 Å². The highest BCUT2D eigenvalue weighted by atomic mass is 32.2. The number of nitrogens with zero attached hydrogens (tertiary/aromatic N) is 3. The maximum Gasteiger partial charge on any atom is 0.355 e. The number of ether oxygens (including phenoxy) is 1. The summed E-state index contributed by atoms with van der Waals surface area (Å²) in [5.41, 5.74) is 1.34. The second-order valence-electron chi connectivity index (χ2n) is 3.77. The van der Waals surface area contributed by atoms with Crippen LogP contribution < -0.4 is 5.69 Å². The molecule has 0 saturated carbocycles. The zero-order chi connectivity index (χ0) is 13.0. The van der Waals surface area contributed by atoms with E-state index >= 15 is 0 Å². The average molecular weight is 265 g/mol. The number of aromatic nitrogens is 3. The lowest BCUT2D eigenvalue weighted by atomic mass is 10.3. The van der Waals surface area contributed by atoms with Crippen LogP contribution in [0.1, 0.15) is 12.5 Å². The van der Waals surface area contributed by atoms with Crippen LogP contribution in [0.15, 0.2) is 28.3 Å². The Hall–Kier alpha value is -1.40. The van der Waals surface area contributed by atoms with Gasteiger partial charge < -0.3 is 4.74 Å². The third-order valence-corrected chi connectivity index (χ3v) is 3.16. The third kappa shape index (κ3) is 3.08. The van der Waals surface area contributed by atoms with Crippen LogP contribution in [-0.2, 0) is 4.74 Å². The molecule has 96 valence electrons. The van der Waals surface area contributed by atoms with Crippen molar-refractivity contribution in [1.29, 1.82) is 0 Å². The highest BCUT2D eigenvalue weighted by Gasteiger charge is 2.04. The van der Waals surface area contributed by atoms with Crippen molar-refractivity contribution in [3.05, 3.63) is 34.4 Å². The predicted octanol–water partition coefficient (Wildman–Crippen LogP) is 1.53. The molecule has 6 heteroatoms. The molecule has 0 spiro atoms. The monoisotopic (exact) mass is 265 g/mol. The van der Waals surface area contributed by atoms with Crippen molar-refractivity contribution in [2.24, 2.45) is 0 Å². The number of hydrogen-bond donors (Lipinski definition) is 0. The number of pyridine rings is 1. The van der Waals surface area contributed by atoms with Crippen LogP contribution in [0.4, 0.5) is 0 Å². The number of rotatable bonds is 5. The van der Waals surface area contributed by atoms with E-state index in [1.54, 1.807) is 6.20 Å². The van der Waals surface area contributed by atoms with Crippen LogP contribution in [0.25, 0.3) is 5.65 Å². The predicted molar refractivity (Wildman–Crippen MR) is 71.2 cm³/mol. The first kappa shape index (κ1) is 13.0. The molecular weight excluding hydrogens is 250 g/mol. The van der Waals surface area contributed by atoms with E-state index in [2.05, 4.69) is 9.97 Å². The zero-order valence-corrected chi connectivity index (χ0v) is 11.2. The molecule has 0 aromatic carbocycles. The molecule has 18 heavy (non-hydrogen) atoms. The van der Waals surface area contributed by atoms with Gasteiger partial charge >= 0.3 is 5.69 Å². The fourth-order valence-electron chi connectivity index (χ4n) is 1.50. The van der Waals surface area contributed by atoms with Crippen molar-refractivity contribution in [2.45, 2.75) is 19.0 Å². The first-order valence-electron chi connectivity index (χ1n) is 5.78. The molecule has 0 fully saturated rings. The fourth-order valence-corrected chi connectivity index (χ4v) is 2.19. The van der Waals surface area contributed by atoms with Gasteiger partial charge in [0.1, 0.15) is 5.65 Å². The molecule has 2 aromatic heterocycles. The maximum atomic E-state index is 11.8. The molecule has 0 unspecified atom stereocenters. The van der Waals surface area contributed by atoms with Gasteiger partial charge in [-0.25, -0.2) is 9.78 Å². The van der Waals surface area contributed by atoms with Gasteiger partial charge in [-0.3, -0.25) is 4.40 Å². The topological polar surface area (TPSA) is 56.5 Å². The van der Waals surface area contributed by atoms with E-state index in [1.165, 1.54) is 16.2 Å². The molecule has 0 aliphatic heterocycles. The number of aryl methyl sites for hydroxylation is 1. The standard InChI is InChI=1S/C12H15N3O2S/c1-3-17-6-7-18-11-13-10-5-4-9(2)8-15(10)12(16)14-11/h4-5,8H,3,6-7H2,1-2H3. The molecule has 0 radical (unpaired) electrons. The van der Waals surface area contributed by atoms with E-state index in [0.29, 0.717) is 24.0 Å². The molecule has 2 aromatic rings. The van der Waals surface area contributed by atoms with Crippen LogP contribution in [0.3, 0.4) is 0 Å². The number of fused-ring (bicyclic) bond motifs is 1. The Bertz CT molecular complexity index is 597. The van der Waals surface area contributed by atoms with Crippen molar-refractivity contribution >= 4 is 17.4 Å². The van der Waals surface area contributed by atoms with Gasteiger partial charge in [-0.05, 0) is 25.5 Å². The van der Waals surface area contributed by atoms with Gasteiger partial charge in [0.25, 0.3) is 0 Å². The fraction of sp³-hybridized carbons (Fsp3) is 0.417. The summed E-state index contributed by atoms with van der Waals surface area (Å²) in [4.78, 5) is 20.1. The summed E-state index contributed by atoms with van der Waals surface area (Å²) in [6, 6.07) is 3.75. The van der Waals surface area contributed by atoms with E-state index in [-0.39, 0.29) is 5.69 Å². The zero-order valence-electron chi connectivity index (χ0n) is 10.4. The molecular formula is C12H15N3O2S. The van der Waals surface area contributed by atoms with Crippen LogP contribution in [0.2, 0.25) is 0 Å². The largest absolute Gasteiger partial charge is 0.381 e. The van der Waals surface area contributed by atoms with Gasteiger partial charge in [-0.2, -0.15) is 4.98 Å². The van der Waals surface area contributed by atoms with Gasteiger partial charge in [0.2, 0.25) is 0 Å².